The van der Waals surface area contributed by atoms with Gasteiger partial charge in [-0.05, 0) is 48.2 Å². The number of benzene rings is 3. The first kappa shape index (κ1) is 26.4. The lowest BCUT2D eigenvalue weighted by molar-refractivity contribution is 0.186. The molecule has 0 radical (unpaired) electrons. The molecule has 0 saturated carbocycles. The Morgan fingerprint density at radius 1 is 0.974 bits per heavy atom. The molecular formula is C28H23F5N4O2. The third-order valence-corrected chi connectivity index (χ3v) is 6.74. The van der Waals surface area contributed by atoms with Gasteiger partial charge >= 0.3 is 6.09 Å². The van der Waals surface area contributed by atoms with Gasteiger partial charge in [0.15, 0.2) is 17.5 Å². The molecule has 5 rings (SSSR count). The van der Waals surface area contributed by atoms with Crippen molar-refractivity contribution in [1.82, 2.24) is 4.98 Å². The van der Waals surface area contributed by atoms with Crippen LogP contribution in [0.15, 0.2) is 48.7 Å². The van der Waals surface area contributed by atoms with Gasteiger partial charge in [-0.15, -0.1) is 0 Å². The highest BCUT2D eigenvalue weighted by Crippen LogP contribution is 2.42. The minimum atomic E-state index is -1.45. The fourth-order valence-corrected chi connectivity index (χ4v) is 4.86. The number of ether oxygens (including phenoxy) is 1. The number of hydrogen-bond donors (Lipinski definition) is 2. The van der Waals surface area contributed by atoms with Gasteiger partial charge in [0.25, 0.3) is 0 Å². The molecule has 3 aromatic carbocycles. The molecule has 0 atom stereocenters. The highest BCUT2D eigenvalue weighted by molar-refractivity contribution is 6.03. The SMILES string of the molecule is COC(=O)Nc1c(F)cc(F)c(F)c1-c1ccc2ncc(-c3cc(F)cc(F)c3)c(N3CCC(N)CC3)c2c1. The fraction of sp³-hybridized carbons (Fsp3) is 0.214. The number of methoxy groups -OCH3 is 1. The largest absolute Gasteiger partial charge is 0.453 e. The van der Waals surface area contributed by atoms with Crippen molar-refractivity contribution in [2.45, 2.75) is 18.9 Å². The van der Waals surface area contributed by atoms with E-state index in [0.717, 1.165) is 13.2 Å². The second kappa shape index (κ2) is 10.5. The highest BCUT2D eigenvalue weighted by atomic mass is 19.2. The summed E-state index contributed by atoms with van der Waals surface area (Å²) in [6.07, 6.45) is 1.71. The van der Waals surface area contributed by atoms with Crippen LogP contribution in [0.4, 0.5) is 38.1 Å². The number of aromatic nitrogens is 1. The number of nitrogens with zero attached hydrogens (tertiary/aromatic N) is 2. The second-order valence-electron chi connectivity index (χ2n) is 9.26. The zero-order valence-electron chi connectivity index (χ0n) is 20.7. The van der Waals surface area contributed by atoms with Crippen molar-refractivity contribution < 1.29 is 31.5 Å². The van der Waals surface area contributed by atoms with Crippen molar-refractivity contribution in [1.29, 1.82) is 0 Å². The van der Waals surface area contributed by atoms with Crippen LogP contribution in [0, 0.1) is 29.1 Å². The maximum Gasteiger partial charge on any atom is 0.411 e. The monoisotopic (exact) mass is 542 g/mol. The van der Waals surface area contributed by atoms with Crippen LogP contribution >= 0.6 is 0 Å². The average Bonchev–Trinajstić information content (AvgIpc) is 2.91. The Morgan fingerprint density at radius 3 is 2.33 bits per heavy atom. The van der Waals surface area contributed by atoms with Crippen molar-refractivity contribution in [2.24, 2.45) is 5.73 Å². The number of halogens is 5. The van der Waals surface area contributed by atoms with Crippen LogP contribution in [-0.2, 0) is 4.74 Å². The molecule has 39 heavy (non-hydrogen) atoms. The maximum atomic E-state index is 15.2. The number of carbonyl (C=O) groups excluding carboxylic acids is 1. The Labute approximate surface area is 220 Å². The van der Waals surface area contributed by atoms with Gasteiger partial charge in [-0.25, -0.2) is 26.7 Å². The Kier molecular flexibility index (Phi) is 7.09. The Morgan fingerprint density at radius 2 is 1.67 bits per heavy atom. The number of nitrogens with one attached hydrogen (secondary N) is 1. The number of carbonyl (C=O) groups is 1. The predicted octanol–water partition coefficient (Wildman–Crippen LogP) is 6.37. The van der Waals surface area contributed by atoms with E-state index >= 15 is 4.39 Å². The summed E-state index contributed by atoms with van der Waals surface area (Å²) in [7, 11) is 1.04. The molecule has 4 aromatic rings. The van der Waals surface area contributed by atoms with Crippen molar-refractivity contribution in [2.75, 3.05) is 30.4 Å². The topological polar surface area (TPSA) is 80.5 Å². The summed E-state index contributed by atoms with van der Waals surface area (Å²) in [4.78, 5) is 18.3. The molecule has 1 aliphatic rings. The minimum Gasteiger partial charge on any atom is -0.453 e. The second-order valence-corrected chi connectivity index (χ2v) is 9.26. The van der Waals surface area contributed by atoms with Gasteiger partial charge < -0.3 is 15.4 Å². The summed E-state index contributed by atoms with van der Waals surface area (Å²) in [6.45, 7) is 1.04. The summed E-state index contributed by atoms with van der Waals surface area (Å²) >= 11 is 0. The molecule has 1 fully saturated rings. The molecule has 0 spiro atoms. The lowest BCUT2D eigenvalue weighted by atomic mass is 9.95. The lowest BCUT2D eigenvalue weighted by Crippen LogP contribution is -2.40. The zero-order valence-corrected chi connectivity index (χ0v) is 20.7. The van der Waals surface area contributed by atoms with Gasteiger partial charge in [0, 0.05) is 54.0 Å². The Hall–Kier alpha value is -4.25. The van der Waals surface area contributed by atoms with Crippen LogP contribution in [0.5, 0.6) is 0 Å². The van der Waals surface area contributed by atoms with Crippen LogP contribution in [-0.4, -0.2) is 37.3 Å². The van der Waals surface area contributed by atoms with Crippen LogP contribution in [0.2, 0.25) is 0 Å². The number of nitrogens with two attached hydrogens (primary N) is 1. The third kappa shape index (κ3) is 5.09. The summed E-state index contributed by atoms with van der Waals surface area (Å²) < 4.78 is 77.2. The Bertz CT molecular complexity index is 1570. The van der Waals surface area contributed by atoms with Gasteiger partial charge in [-0.3, -0.25) is 10.3 Å². The lowest BCUT2D eigenvalue weighted by Gasteiger charge is -2.34. The third-order valence-electron chi connectivity index (χ3n) is 6.74. The van der Waals surface area contributed by atoms with E-state index in [1.165, 1.54) is 36.5 Å². The van der Waals surface area contributed by atoms with Gasteiger partial charge in [0.2, 0.25) is 0 Å². The molecule has 6 nitrogen and oxygen atoms in total. The number of anilines is 2. The van der Waals surface area contributed by atoms with E-state index in [9.17, 15) is 22.4 Å². The number of rotatable bonds is 4. The van der Waals surface area contributed by atoms with Crippen molar-refractivity contribution >= 4 is 28.4 Å². The van der Waals surface area contributed by atoms with E-state index in [0.29, 0.717) is 54.2 Å². The standard InChI is InChI=1S/C28H23F5N4O2/c1-39-28(38)36-26-22(32)12-21(31)25(33)24(26)14-2-3-23-19(10-14)27(37-6-4-18(34)5-7-37)20(13-35-23)15-8-16(29)11-17(30)9-15/h2-3,8-13,18H,4-7,34H2,1H3,(H,36,38). The first-order valence-electron chi connectivity index (χ1n) is 12.1. The van der Waals surface area contributed by atoms with E-state index in [1.54, 1.807) is 0 Å². The van der Waals surface area contributed by atoms with E-state index in [2.05, 4.69) is 15.0 Å². The Balaban J connectivity index is 1.78. The molecule has 1 aromatic heterocycles. The minimum absolute atomic E-state index is 0.0173. The molecule has 0 aliphatic carbocycles. The number of amides is 1. The van der Waals surface area contributed by atoms with Crippen molar-refractivity contribution in [3.05, 3.63) is 77.7 Å². The number of piperidine rings is 1. The van der Waals surface area contributed by atoms with Crippen molar-refractivity contribution in [3.63, 3.8) is 0 Å². The van der Waals surface area contributed by atoms with Crippen LogP contribution in [0.1, 0.15) is 12.8 Å². The van der Waals surface area contributed by atoms with E-state index < -0.39 is 46.4 Å². The summed E-state index contributed by atoms with van der Waals surface area (Å²) in [5.41, 5.74) is 6.62. The van der Waals surface area contributed by atoms with Crippen molar-refractivity contribution in [3.8, 4) is 22.3 Å². The number of fused-ring (bicyclic) bond motifs is 1. The summed E-state index contributed by atoms with van der Waals surface area (Å²) in [6, 6.07) is 7.83. The zero-order chi connectivity index (χ0) is 27.8. The van der Waals surface area contributed by atoms with Crippen LogP contribution in [0.3, 0.4) is 0 Å². The molecule has 1 saturated heterocycles. The normalized spacial score (nSPS) is 14.1. The van der Waals surface area contributed by atoms with E-state index in [-0.39, 0.29) is 17.2 Å². The smallest absolute Gasteiger partial charge is 0.411 e. The molecular weight excluding hydrogens is 519 g/mol. The molecule has 1 aliphatic heterocycles. The molecule has 0 unspecified atom stereocenters. The molecule has 1 amide bonds. The van der Waals surface area contributed by atoms with Crippen LogP contribution < -0.4 is 16.0 Å². The quantitative estimate of drug-likeness (QED) is 0.231. The molecule has 0 bridgehead atoms. The van der Waals surface area contributed by atoms with Gasteiger partial charge in [0.05, 0.1) is 24.0 Å². The molecule has 2 heterocycles. The van der Waals surface area contributed by atoms with Gasteiger partial charge in [-0.2, -0.15) is 0 Å². The fourth-order valence-electron chi connectivity index (χ4n) is 4.86. The number of pyridine rings is 1. The first-order valence-corrected chi connectivity index (χ1v) is 12.1. The van der Waals surface area contributed by atoms with E-state index in [1.807, 2.05) is 4.90 Å². The summed E-state index contributed by atoms with van der Waals surface area (Å²) in [5.74, 6) is -5.60. The van der Waals surface area contributed by atoms with E-state index in [4.69, 9.17) is 5.73 Å². The highest BCUT2D eigenvalue weighted by Gasteiger charge is 2.26. The van der Waals surface area contributed by atoms with Gasteiger partial charge in [0.1, 0.15) is 11.6 Å². The molecule has 11 heteroatoms. The maximum absolute atomic E-state index is 15.2. The summed E-state index contributed by atoms with van der Waals surface area (Å²) in [5, 5.41) is 2.55. The molecule has 202 valence electrons. The van der Waals surface area contributed by atoms with Crippen LogP contribution in [0.25, 0.3) is 33.2 Å². The first-order chi connectivity index (χ1) is 18.7. The average molecular weight is 543 g/mol. The van der Waals surface area contributed by atoms with Gasteiger partial charge in [-0.1, -0.05) is 6.07 Å². The predicted molar refractivity (Wildman–Crippen MR) is 138 cm³/mol. The number of hydrogen-bond acceptors (Lipinski definition) is 5. The molecule has 3 N–H and O–H groups in total.